The van der Waals surface area contributed by atoms with Crippen molar-refractivity contribution in [2.45, 2.75) is 194 Å². The molecule has 0 bridgehead atoms. The van der Waals surface area contributed by atoms with Crippen molar-refractivity contribution >= 4 is 33.8 Å². The van der Waals surface area contributed by atoms with Crippen LogP contribution < -0.4 is 0 Å². The van der Waals surface area contributed by atoms with Gasteiger partial charge in [-0.05, 0) is 32.6 Å². The molecule has 0 radical (unpaired) electrons. The molecule has 6 nitrogen and oxygen atoms in total. The first kappa shape index (κ1) is 44.9. The first-order valence-corrected chi connectivity index (χ1v) is 20.5. The summed E-state index contributed by atoms with van der Waals surface area (Å²) in [5.41, 5.74) is 0. The van der Waals surface area contributed by atoms with Gasteiger partial charge < -0.3 is 14.4 Å². The molecule has 46 heavy (non-hydrogen) atoms. The summed E-state index contributed by atoms with van der Waals surface area (Å²) < 4.78 is 11.6. The van der Waals surface area contributed by atoms with Crippen molar-refractivity contribution in [3.63, 3.8) is 0 Å². The van der Waals surface area contributed by atoms with Gasteiger partial charge in [0.1, 0.15) is 13.2 Å². The lowest BCUT2D eigenvalue weighted by Gasteiger charge is -2.25. The summed E-state index contributed by atoms with van der Waals surface area (Å²) >= 11 is 3.41. The Morgan fingerprint density at radius 1 is 0.500 bits per heavy atom. The van der Waals surface area contributed by atoms with Crippen LogP contribution in [0.25, 0.3) is 0 Å². The van der Waals surface area contributed by atoms with E-state index in [1.165, 1.54) is 77.0 Å². The number of nitrogens with zero attached hydrogens (tertiary/aromatic N) is 1. The molecular weight excluding hydrogens is 642 g/mol. The summed E-state index contributed by atoms with van der Waals surface area (Å²) in [6.45, 7) is 11.6. The van der Waals surface area contributed by atoms with Crippen molar-refractivity contribution in [3.8, 4) is 0 Å². The van der Waals surface area contributed by atoms with Crippen LogP contribution in [0.1, 0.15) is 189 Å². The van der Waals surface area contributed by atoms with Crippen molar-refractivity contribution < 1.29 is 23.9 Å². The van der Waals surface area contributed by atoms with E-state index in [1.54, 1.807) is 11.8 Å². The molecule has 0 rings (SSSR count). The Kier molecular flexibility index (Phi) is 31.7. The fourth-order valence-electron chi connectivity index (χ4n) is 6.07. The molecular formula is C39H74BrNO5. The maximum Gasteiger partial charge on any atom is 0.308 e. The number of ether oxygens (including phenoxy) is 2. The third-order valence-electron chi connectivity index (χ3n) is 9.15. The van der Waals surface area contributed by atoms with Crippen LogP contribution in [-0.2, 0) is 23.9 Å². The monoisotopic (exact) mass is 715 g/mol. The number of unbranched alkanes of at least 4 members (excludes halogenated alkanes) is 16. The molecule has 0 heterocycles. The second-order valence-electron chi connectivity index (χ2n) is 13.5. The largest absolute Gasteiger partial charge is 0.464 e. The van der Waals surface area contributed by atoms with Gasteiger partial charge in [0, 0.05) is 0 Å². The van der Waals surface area contributed by atoms with Gasteiger partial charge in [-0.1, -0.05) is 172 Å². The Balaban J connectivity index is 4.98. The standard InChI is InChI=1S/C39H74BrNO5/c1-6-10-14-18-22-26-35(27-23-19-15-11-7-2)38(43)45-32-30-41(37(42)34(5)40)31-33-46-39(44)36(28-24-20-16-12-8-3)29-25-21-17-13-9-4/h34-36H,6-33H2,1-5H3. The smallest absolute Gasteiger partial charge is 0.308 e. The van der Waals surface area contributed by atoms with Crippen LogP contribution in [0.3, 0.4) is 0 Å². The molecule has 0 N–H and O–H groups in total. The molecule has 7 heteroatoms. The van der Waals surface area contributed by atoms with Crippen molar-refractivity contribution in [3.05, 3.63) is 0 Å². The molecule has 0 aromatic rings. The second kappa shape index (κ2) is 32.4. The number of hydrogen-bond acceptors (Lipinski definition) is 5. The van der Waals surface area contributed by atoms with Crippen LogP contribution in [0.15, 0.2) is 0 Å². The highest BCUT2D eigenvalue weighted by Crippen LogP contribution is 2.22. The van der Waals surface area contributed by atoms with E-state index in [9.17, 15) is 14.4 Å². The molecule has 1 amide bonds. The van der Waals surface area contributed by atoms with Crippen molar-refractivity contribution in [1.29, 1.82) is 0 Å². The summed E-state index contributed by atoms with van der Waals surface area (Å²) in [7, 11) is 0. The van der Waals surface area contributed by atoms with Gasteiger partial charge in [0.25, 0.3) is 0 Å². The number of alkyl halides is 1. The predicted octanol–water partition coefficient (Wildman–Crippen LogP) is 11.4. The van der Waals surface area contributed by atoms with Crippen LogP contribution >= 0.6 is 15.9 Å². The second-order valence-corrected chi connectivity index (χ2v) is 14.9. The number of esters is 2. The van der Waals surface area contributed by atoms with E-state index in [0.717, 1.165) is 77.0 Å². The third kappa shape index (κ3) is 25.0. The molecule has 1 atom stereocenters. The molecule has 0 saturated heterocycles. The molecule has 0 aliphatic rings. The average molecular weight is 717 g/mol. The van der Waals surface area contributed by atoms with Crippen LogP contribution in [-0.4, -0.2) is 53.9 Å². The number of amides is 1. The highest BCUT2D eigenvalue weighted by Gasteiger charge is 2.24. The van der Waals surface area contributed by atoms with E-state index in [2.05, 4.69) is 43.6 Å². The van der Waals surface area contributed by atoms with E-state index in [0.29, 0.717) is 13.1 Å². The van der Waals surface area contributed by atoms with Crippen molar-refractivity contribution in [2.75, 3.05) is 26.3 Å². The highest BCUT2D eigenvalue weighted by atomic mass is 79.9. The van der Waals surface area contributed by atoms with E-state index >= 15 is 0 Å². The van der Waals surface area contributed by atoms with Gasteiger partial charge in [0.05, 0.1) is 29.8 Å². The van der Waals surface area contributed by atoms with E-state index in [4.69, 9.17) is 9.47 Å². The molecule has 0 aliphatic heterocycles. The van der Waals surface area contributed by atoms with Gasteiger partial charge in [-0.25, -0.2) is 0 Å². The minimum absolute atomic E-state index is 0.0654. The lowest BCUT2D eigenvalue weighted by Crippen LogP contribution is -2.41. The first-order chi connectivity index (χ1) is 22.3. The lowest BCUT2D eigenvalue weighted by atomic mass is 9.94. The molecule has 0 aromatic heterocycles. The van der Waals surface area contributed by atoms with Gasteiger partial charge in [-0.3, -0.25) is 14.4 Å². The Morgan fingerprint density at radius 3 is 1.04 bits per heavy atom. The zero-order valence-electron chi connectivity index (χ0n) is 30.9. The van der Waals surface area contributed by atoms with Gasteiger partial charge in [0.2, 0.25) is 5.91 Å². The Bertz CT molecular complexity index is 653. The number of hydrogen-bond donors (Lipinski definition) is 0. The molecule has 0 aromatic carbocycles. The van der Waals surface area contributed by atoms with Crippen LogP contribution in [0.4, 0.5) is 0 Å². The molecule has 0 saturated carbocycles. The number of carbonyl (C=O) groups is 3. The van der Waals surface area contributed by atoms with Crippen molar-refractivity contribution in [2.24, 2.45) is 11.8 Å². The third-order valence-corrected chi connectivity index (χ3v) is 9.55. The Labute approximate surface area is 293 Å². The Hall–Kier alpha value is -1.11. The zero-order valence-corrected chi connectivity index (χ0v) is 32.5. The quantitative estimate of drug-likeness (QED) is 0.0384. The van der Waals surface area contributed by atoms with E-state index in [1.807, 2.05) is 0 Å². The number of halogens is 1. The van der Waals surface area contributed by atoms with Gasteiger partial charge in [-0.2, -0.15) is 0 Å². The molecule has 1 unspecified atom stereocenters. The maximum absolute atomic E-state index is 13.1. The average Bonchev–Trinajstić information content (AvgIpc) is 3.04. The summed E-state index contributed by atoms with van der Waals surface area (Å²) in [5.74, 6) is -0.470. The summed E-state index contributed by atoms with van der Waals surface area (Å²) in [6.07, 6.45) is 27.1. The molecule has 0 aliphatic carbocycles. The first-order valence-electron chi connectivity index (χ1n) is 19.6. The van der Waals surface area contributed by atoms with E-state index < -0.39 is 0 Å². The van der Waals surface area contributed by atoms with Gasteiger partial charge >= 0.3 is 11.9 Å². The Morgan fingerprint density at radius 2 is 0.783 bits per heavy atom. The lowest BCUT2D eigenvalue weighted by molar-refractivity contribution is -0.152. The molecule has 0 fully saturated rings. The topological polar surface area (TPSA) is 72.9 Å². The number of carbonyl (C=O) groups excluding carboxylic acids is 3. The predicted molar refractivity (Wildman–Crippen MR) is 197 cm³/mol. The molecule has 272 valence electrons. The summed E-state index contributed by atoms with van der Waals surface area (Å²) in [6, 6.07) is 0. The van der Waals surface area contributed by atoms with Gasteiger partial charge in [-0.15, -0.1) is 0 Å². The van der Waals surface area contributed by atoms with Crippen LogP contribution in [0.2, 0.25) is 0 Å². The minimum atomic E-state index is -0.364. The van der Waals surface area contributed by atoms with Crippen LogP contribution in [0, 0.1) is 11.8 Å². The summed E-state index contributed by atoms with van der Waals surface area (Å²) in [4.78, 5) is 40.5. The van der Waals surface area contributed by atoms with E-state index in [-0.39, 0.29) is 47.7 Å². The van der Waals surface area contributed by atoms with Gasteiger partial charge in [0.15, 0.2) is 0 Å². The normalized spacial score (nSPS) is 12.1. The fourth-order valence-corrected chi connectivity index (χ4v) is 6.36. The summed E-state index contributed by atoms with van der Waals surface area (Å²) in [5, 5.41) is 0. The fraction of sp³-hybridized carbons (Fsp3) is 0.923. The maximum atomic E-state index is 13.1. The highest BCUT2D eigenvalue weighted by molar-refractivity contribution is 9.10. The van der Waals surface area contributed by atoms with Crippen molar-refractivity contribution in [1.82, 2.24) is 4.90 Å². The van der Waals surface area contributed by atoms with Crippen LogP contribution in [0.5, 0.6) is 0 Å². The number of rotatable bonds is 33. The zero-order chi connectivity index (χ0) is 34.3. The SMILES string of the molecule is CCCCCCCC(CCCCCCC)C(=O)OCCN(CCOC(=O)C(CCCCCCC)CCCCCCC)C(=O)C(C)Br. The minimum Gasteiger partial charge on any atom is -0.464 e. The molecule has 0 spiro atoms.